The number of nitrogens with one attached hydrogen (secondary N) is 1. The van der Waals surface area contributed by atoms with Crippen LogP contribution < -0.4 is 5.32 Å². The normalized spacial score (nSPS) is 25.1. The Labute approximate surface area is 110 Å². The zero-order chi connectivity index (χ0) is 13.3. The van der Waals surface area contributed by atoms with Gasteiger partial charge >= 0.3 is 0 Å². The summed E-state index contributed by atoms with van der Waals surface area (Å²) in [6.45, 7) is 6.77. The summed E-state index contributed by atoms with van der Waals surface area (Å²) in [5.74, 6) is 0. The van der Waals surface area contributed by atoms with E-state index in [-0.39, 0.29) is 11.3 Å². The number of aryl methyl sites for hydroxylation is 1. The fourth-order valence-electron chi connectivity index (χ4n) is 2.84. The van der Waals surface area contributed by atoms with Gasteiger partial charge in [-0.1, -0.05) is 32.0 Å². The zero-order valence-electron chi connectivity index (χ0n) is 11.2. The number of fused-ring (bicyclic) bond motifs is 1. The SMILES string of the molecule is CCCNC1c2cccc(C)c2S(=O)(=O)C1CC. The molecule has 18 heavy (non-hydrogen) atoms. The Morgan fingerprint density at radius 3 is 2.61 bits per heavy atom. The van der Waals surface area contributed by atoms with E-state index >= 15 is 0 Å². The van der Waals surface area contributed by atoms with Crippen molar-refractivity contribution in [3.63, 3.8) is 0 Å². The molecule has 0 aromatic heterocycles. The molecule has 2 unspecified atom stereocenters. The van der Waals surface area contributed by atoms with Gasteiger partial charge in [-0.15, -0.1) is 0 Å². The highest BCUT2D eigenvalue weighted by Crippen LogP contribution is 2.41. The van der Waals surface area contributed by atoms with E-state index in [1.807, 2.05) is 32.0 Å². The minimum atomic E-state index is -3.17. The number of rotatable bonds is 4. The Balaban J connectivity index is 2.54. The average Bonchev–Trinajstić information content (AvgIpc) is 2.55. The van der Waals surface area contributed by atoms with E-state index in [2.05, 4.69) is 12.2 Å². The van der Waals surface area contributed by atoms with Crippen LogP contribution in [0.4, 0.5) is 0 Å². The van der Waals surface area contributed by atoms with E-state index in [0.717, 1.165) is 24.1 Å². The van der Waals surface area contributed by atoms with Crippen LogP contribution in [0.5, 0.6) is 0 Å². The van der Waals surface area contributed by atoms with Crippen molar-refractivity contribution >= 4 is 9.84 Å². The second-order valence-electron chi connectivity index (χ2n) is 4.92. The summed E-state index contributed by atoms with van der Waals surface area (Å²) in [7, 11) is -3.17. The number of sulfone groups is 1. The quantitative estimate of drug-likeness (QED) is 0.912. The standard InChI is InChI=1S/C14H21NO2S/c1-4-9-15-13-11-8-6-7-10(3)14(11)18(16,17)12(13)5-2/h6-8,12-13,15H,4-5,9H2,1-3H3. The highest BCUT2D eigenvalue weighted by atomic mass is 32.2. The molecule has 0 spiro atoms. The fourth-order valence-corrected chi connectivity index (χ4v) is 5.22. The third-order valence-corrected chi connectivity index (χ3v) is 6.18. The van der Waals surface area contributed by atoms with Gasteiger partial charge in [0.15, 0.2) is 9.84 Å². The van der Waals surface area contributed by atoms with Crippen LogP contribution in [0, 0.1) is 6.92 Å². The zero-order valence-corrected chi connectivity index (χ0v) is 12.0. The molecule has 100 valence electrons. The summed E-state index contributed by atoms with van der Waals surface area (Å²) < 4.78 is 25.1. The van der Waals surface area contributed by atoms with Crippen molar-refractivity contribution < 1.29 is 8.42 Å². The first-order valence-electron chi connectivity index (χ1n) is 6.60. The van der Waals surface area contributed by atoms with E-state index in [4.69, 9.17) is 0 Å². The van der Waals surface area contributed by atoms with Gasteiger partial charge in [0, 0.05) is 0 Å². The smallest absolute Gasteiger partial charge is 0.183 e. The minimum absolute atomic E-state index is 0.0464. The van der Waals surface area contributed by atoms with Gasteiger partial charge in [-0.05, 0) is 37.4 Å². The van der Waals surface area contributed by atoms with Crippen LogP contribution >= 0.6 is 0 Å². The predicted molar refractivity (Wildman–Crippen MR) is 73.5 cm³/mol. The van der Waals surface area contributed by atoms with Gasteiger partial charge in [0.25, 0.3) is 0 Å². The molecule has 1 aliphatic heterocycles. The molecule has 0 fully saturated rings. The molecule has 2 atom stereocenters. The Morgan fingerprint density at radius 1 is 1.28 bits per heavy atom. The van der Waals surface area contributed by atoms with E-state index in [1.165, 1.54) is 0 Å². The summed E-state index contributed by atoms with van der Waals surface area (Å²) in [5.41, 5.74) is 1.82. The fraction of sp³-hybridized carbons (Fsp3) is 0.571. The van der Waals surface area contributed by atoms with Crippen LogP contribution in [-0.4, -0.2) is 20.2 Å². The molecule has 0 radical (unpaired) electrons. The van der Waals surface area contributed by atoms with Crippen LogP contribution in [-0.2, 0) is 9.84 Å². The molecule has 0 bridgehead atoms. The van der Waals surface area contributed by atoms with Crippen molar-refractivity contribution in [2.75, 3.05) is 6.54 Å². The topological polar surface area (TPSA) is 46.2 Å². The van der Waals surface area contributed by atoms with Gasteiger partial charge in [-0.3, -0.25) is 0 Å². The summed E-state index contributed by atoms with van der Waals surface area (Å²) in [4.78, 5) is 0.561. The Kier molecular flexibility index (Phi) is 3.78. The van der Waals surface area contributed by atoms with Crippen LogP contribution in [0.15, 0.2) is 23.1 Å². The molecular weight excluding hydrogens is 246 g/mol. The predicted octanol–water partition coefficient (Wildman–Crippen LogP) is 2.60. The van der Waals surface area contributed by atoms with Gasteiger partial charge < -0.3 is 5.32 Å². The molecule has 3 nitrogen and oxygen atoms in total. The van der Waals surface area contributed by atoms with Crippen LogP contribution in [0.1, 0.15) is 43.9 Å². The molecule has 0 aliphatic carbocycles. The monoisotopic (exact) mass is 267 g/mol. The molecule has 4 heteroatoms. The lowest BCUT2D eigenvalue weighted by Gasteiger charge is -2.19. The van der Waals surface area contributed by atoms with Crippen molar-refractivity contribution in [3.05, 3.63) is 29.3 Å². The van der Waals surface area contributed by atoms with Crippen molar-refractivity contribution in [3.8, 4) is 0 Å². The average molecular weight is 267 g/mol. The van der Waals surface area contributed by atoms with E-state index in [1.54, 1.807) is 0 Å². The molecular formula is C14H21NO2S. The highest BCUT2D eigenvalue weighted by molar-refractivity contribution is 7.92. The molecule has 0 amide bonds. The molecule has 1 aliphatic rings. The largest absolute Gasteiger partial charge is 0.309 e. The maximum absolute atomic E-state index is 12.6. The molecule has 2 rings (SSSR count). The van der Waals surface area contributed by atoms with E-state index in [9.17, 15) is 8.42 Å². The second kappa shape index (κ2) is 5.02. The first kappa shape index (κ1) is 13.6. The van der Waals surface area contributed by atoms with Gasteiger partial charge in [0.1, 0.15) is 0 Å². The summed E-state index contributed by atoms with van der Waals surface area (Å²) in [5, 5.41) is 3.07. The lowest BCUT2D eigenvalue weighted by atomic mass is 10.0. The lowest BCUT2D eigenvalue weighted by molar-refractivity contribution is 0.493. The Morgan fingerprint density at radius 2 is 2.00 bits per heavy atom. The third-order valence-electron chi connectivity index (χ3n) is 3.65. The Hall–Kier alpha value is -0.870. The van der Waals surface area contributed by atoms with Gasteiger partial charge in [-0.2, -0.15) is 0 Å². The number of benzene rings is 1. The van der Waals surface area contributed by atoms with Crippen molar-refractivity contribution in [2.45, 2.75) is 49.8 Å². The van der Waals surface area contributed by atoms with Crippen molar-refractivity contribution in [1.29, 1.82) is 0 Å². The number of hydrogen-bond donors (Lipinski definition) is 1. The van der Waals surface area contributed by atoms with Crippen LogP contribution in [0.2, 0.25) is 0 Å². The molecule has 1 N–H and O–H groups in total. The van der Waals surface area contributed by atoms with Crippen molar-refractivity contribution in [1.82, 2.24) is 5.32 Å². The third kappa shape index (κ3) is 1.97. The first-order valence-corrected chi connectivity index (χ1v) is 8.15. The van der Waals surface area contributed by atoms with Crippen LogP contribution in [0.3, 0.4) is 0 Å². The summed E-state index contributed by atoms with van der Waals surface area (Å²) in [6, 6.07) is 5.73. The summed E-state index contributed by atoms with van der Waals surface area (Å²) >= 11 is 0. The maximum Gasteiger partial charge on any atom is 0.183 e. The molecule has 0 saturated heterocycles. The van der Waals surface area contributed by atoms with Gasteiger partial charge in [0.2, 0.25) is 0 Å². The van der Waals surface area contributed by atoms with Crippen LogP contribution in [0.25, 0.3) is 0 Å². The maximum atomic E-state index is 12.6. The second-order valence-corrected chi connectivity index (χ2v) is 7.02. The minimum Gasteiger partial charge on any atom is -0.309 e. The Bertz CT molecular complexity index is 537. The molecule has 0 saturated carbocycles. The highest BCUT2D eigenvalue weighted by Gasteiger charge is 2.44. The van der Waals surface area contributed by atoms with E-state index in [0.29, 0.717) is 11.3 Å². The van der Waals surface area contributed by atoms with Crippen molar-refractivity contribution in [2.24, 2.45) is 0 Å². The van der Waals surface area contributed by atoms with E-state index < -0.39 is 9.84 Å². The number of hydrogen-bond acceptors (Lipinski definition) is 3. The lowest BCUT2D eigenvalue weighted by Crippen LogP contribution is -2.31. The van der Waals surface area contributed by atoms with Gasteiger partial charge in [0.05, 0.1) is 16.2 Å². The summed E-state index contributed by atoms with van der Waals surface area (Å²) in [6.07, 6.45) is 1.66. The van der Waals surface area contributed by atoms with Gasteiger partial charge in [-0.25, -0.2) is 8.42 Å². The molecule has 1 heterocycles. The molecule has 1 aromatic rings. The molecule has 1 aromatic carbocycles. The first-order chi connectivity index (χ1) is 8.54.